The fourth-order valence-electron chi connectivity index (χ4n) is 2.43. The third-order valence-corrected chi connectivity index (χ3v) is 4.76. The molecule has 0 bridgehead atoms. The minimum absolute atomic E-state index is 0.540. The summed E-state index contributed by atoms with van der Waals surface area (Å²) < 4.78 is 11.3. The lowest BCUT2D eigenvalue weighted by Crippen LogP contribution is -1.85. The summed E-state index contributed by atoms with van der Waals surface area (Å²) in [6.45, 7) is 0.741. The van der Waals surface area contributed by atoms with Gasteiger partial charge in [-0.2, -0.15) is 0 Å². The average molecular weight is 345 g/mol. The predicted octanol–water partition coefficient (Wildman–Crippen LogP) is 4.62. The van der Waals surface area contributed by atoms with Crippen molar-refractivity contribution < 1.29 is 9.15 Å². The molecule has 0 spiro atoms. The summed E-state index contributed by atoms with van der Waals surface area (Å²) in [5.41, 5.74) is 3.28. The lowest BCUT2D eigenvalue weighted by atomic mass is 10.1. The number of benzene rings is 2. The molecule has 0 amide bonds. The molecule has 1 aliphatic heterocycles. The number of halogens is 1. The molecule has 1 aromatic heterocycles. The number of ether oxygens (including phenoxy) is 1. The molecule has 0 saturated carbocycles. The lowest BCUT2D eigenvalue weighted by Gasteiger charge is -2.00. The van der Waals surface area contributed by atoms with Gasteiger partial charge in [-0.25, -0.2) is 0 Å². The van der Waals surface area contributed by atoms with Gasteiger partial charge >= 0.3 is 0 Å². The van der Waals surface area contributed by atoms with Crippen molar-refractivity contribution >= 4 is 23.4 Å². The van der Waals surface area contributed by atoms with Gasteiger partial charge in [0.15, 0.2) is 0 Å². The highest BCUT2D eigenvalue weighted by molar-refractivity contribution is 7.98. The van der Waals surface area contributed by atoms with E-state index in [2.05, 4.69) is 16.3 Å². The fourth-order valence-corrected chi connectivity index (χ4v) is 3.28. The minimum Gasteiger partial charge on any atom is -0.493 e. The number of aromatic nitrogens is 2. The molecule has 4 rings (SSSR count). The summed E-state index contributed by atoms with van der Waals surface area (Å²) in [5.74, 6) is 2.25. The highest BCUT2D eigenvalue weighted by atomic mass is 35.5. The Morgan fingerprint density at radius 2 is 1.96 bits per heavy atom. The first-order valence-electron chi connectivity index (χ1n) is 7.25. The number of hydrogen-bond acceptors (Lipinski definition) is 5. The summed E-state index contributed by atoms with van der Waals surface area (Å²) in [6.07, 6.45) is 0.926. The number of rotatable bonds is 4. The summed E-state index contributed by atoms with van der Waals surface area (Å²) in [7, 11) is 0. The van der Waals surface area contributed by atoms with Crippen molar-refractivity contribution in [2.45, 2.75) is 17.4 Å². The maximum atomic E-state index is 5.88. The minimum atomic E-state index is 0.540. The second kappa shape index (κ2) is 6.26. The van der Waals surface area contributed by atoms with E-state index in [0.29, 0.717) is 11.1 Å². The maximum Gasteiger partial charge on any atom is 0.277 e. The van der Waals surface area contributed by atoms with Gasteiger partial charge in [-0.15, -0.1) is 10.2 Å². The maximum absolute atomic E-state index is 5.88. The summed E-state index contributed by atoms with van der Waals surface area (Å²) >= 11 is 7.40. The Morgan fingerprint density at radius 1 is 1.09 bits per heavy atom. The molecule has 0 fully saturated rings. The van der Waals surface area contributed by atoms with Crippen LogP contribution in [0.1, 0.15) is 11.1 Å². The van der Waals surface area contributed by atoms with Crippen LogP contribution in [0.5, 0.6) is 5.75 Å². The summed E-state index contributed by atoms with van der Waals surface area (Å²) in [4.78, 5) is 0. The van der Waals surface area contributed by atoms with E-state index in [1.807, 2.05) is 36.4 Å². The van der Waals surface area contributed by atoms with Crippen molar-refractivity contribution in [2.24, 2.45) is 0 Å². The Labute approximate surface area is 142 Å². The quantitative estimate of drug-likeness (QED) is 0.646. The van der Waals surface area contributed by atoms with Crippen molar-refractivity contribution in [3.63, 3.8) is 0 Å². The molecule has 0 N–H and O–H groups in total. The molecule has 0 unspecified atom stereocenters. The van der Waals surface area contributed by atoms with Gasteiger partial charge in [-0.05, 0) is 41.5 Å². The normalized spacial score (nSPS) is 12.9. The molecule has 2 aromatic carbocycles. The molecular formula is C17H13ClN2O2S. The molecule has 0 atom stereocenters. The standard InChI is InChI=1S/C17H13ClN2O2S/c18-14-4-1-11(2-5-14)10-23-17-20-19-16(22-17)13-3-6-15-12(9-13)7-8-21-15/h1-6,9H,7-8,10H2. The highest BCUT2D eigenvalue weighted by Gasteiger charge is 2.15. The Hall–Kier alpha value is -1.98. The molecule has 2 heterocycles. The number of thioether (sulfide) groups is 1. The van der Waals surface area contributed by atoms with Gasteiger partial charge in [0.2, 0.25) is 5.89 Å². The first kappa shape index (κ1) is 14.6. The van der Waals surface area contributed by atoms with Crippen LogP contribution in [-0.2, 0) is 12.2 Å². The van der Waals surface area contributed by atoms with Crippen molar-refractivity contribution in [3.05, 3.63) is 58.6 Å². The van der Waals surface area contributed by atoms with Gasteiger partial charge < -0.3 is 9.15 Å². The van der Waals surface area contributed by atoms with E-state index in [1.165, 1.54) is 17.3 Å². The van der Waals surface area contributed by atoms with Crippen molar-refractivity contribution in [3.8, 4) is 17.2 Å². The number of fused-ring (bicyclic) bond motifs is 1. The molecule has 0 aliphatic carbocycles. The van der Waals surface area contributed by atoms with Gasteiger partial charge in [0.25, 0.3) is 5.22 Å². The third kappa shape index (κ3) is 3.21. The van der Waals surface area contributed by atoms with E-state index in [4.69, 9.17) is 20.8 Å². The van der Waals surface area contributed by atoms with Crippen molar-refractivity contribution in [1.29, 1.82) is 0 Å². The summed E-state index contributed by atoms with van der Waals surface area (Å²) in [6, 6.07) is 13.7. The van der Waals surface area contributed by atoms with Crippen LogP contribution in [0.4, 0.5) is 0 Å². The Kier molecular flexibility index (Phi) is 3.97. The third-order valence-electron chi connectivity index (χ3n) is 3.62. The first-order chi connectivity index (χ1) is 11.3. The molecular weight excluding hydrogens is 332 g/mol. The van der Waals surface area contributed by atoms with Gasteiger partial charge in [0, 0.05) is 22.8 Å². The van der Waals surface area contributed by atoms with E-state index >= 15 is 0 Å². The zero-order valence-corrected chi connectivity index (χ0v) is 13.7. The van der Waals surface area contributed by atoms with Crippen LogP contribution in [0.15, 0.2) is 52.1 Å². The van der Waals surface area contributed by atoms with Crippen LogP contribution in [0.3, 0.4) is 0 Å². The van der Waals surface area contributed by atoms with Crippen molar-refractivity contribution in [2.75, 3.05) is 6.61 Å². The van der Waals surface area contributed by atoms with E-state index in [0.717, 1.165) is 40.7 Å². The van der Waals surface area contributed by atoms with Crippen LogP contribution >= 0.6 is 23.4 Å². The second-order valence-corrected chi connectivity index (χ2v) is 6.57. The van der Waals surface area contributed by atoms with E-state index in [-0.39, 0.29) is 0 Å². The molecule has 23 heavy (non-hydrogen) atoms. The smallest absolute Gasteiger partial charge is 0.277 e. The summed E-state index contributed by atoms with van der Waals surface area (Å²) in [5, 5.41) is 9.54. The Bertz CT molecular complexity index is 833. The lowest BCUT2D eigenvalue weighted by molar-refractivity contribution is 0.357. The van der Waals surface area contributed by atoms with Crippen LogP contribution < -0.4 is 4.74 Å². The van der Waals surface area contributed by atoms with Gasteiger partial charge in [-0.1, -0.05) is 35.5 Å². The molecule has 1 aliphatic rings. The fraction of sp³-hybridized carbons (Fsp3) is 0.176. The molecule has 3 aromatic rings. The molecule has 4 nitrogen and oxygen atoms in total. The zero-order valence-electron chi connectivity index (χ0n) is 12.2. The van der Waals surface area contributed by atoms with Crippen LogP contribution in [0.2, 0.25) is 5.02 Å². The van der Waals surface area contributed by atoms with Crippen LogP contribution in [0.25, 0.3) is 11.5 Å². The van der Waals surface area contributed by atoms with Crippen molar-refractivity contribution in [1.82, 2.24) is 10.2 Å². The van der Waals surface area contributed by atoms with Gasteiger partial charge in [-0.3, -0.25) is 0 Å². The SMILES string of the molecule is Clc1ccc(CSc2nnc(-c3ccc4c(c3)CCO4)o2)cc1. The molecule has 0 radical (unpaired) electrons. The molecule has 6 heteroatoms. The predicted molar refractivity (Wildman–Crippen MR) is 89.9 cm³/mol. The van der Waals surface area contributed by atoms with Crippen LogP contribution in [-0.4, -0.2) is 16.8 Å². The zero-order chi connectivity index (χ0) is 15.6. The molecule has 116 valence electrons. The molecule has 0 saturated heterocycles. The average Bonchev–Trinajstić information content (AvgIpc) is 3.22. The number of hydrogen-bond donors (Lipinski definition) is 0. The topological polar surface area (TPSA) is 48.2 Å². The largest absolute Gasteiger partial charge is 0.493 e. The Balaban J connectivity index is 1.47. The number of nitrogens with zero attached hydrogens (tertiary/aromatic N) is 2. The Morgan fingerprint density at radius 3 is 2.83 bits per heavy atom. The van der Waals surface area contributed by atoms with E-state index in [1.54, 1.807) is 0 Å². The van der Waals surface area contributed by atoms with Crippen LogP contribution in [0, 0.1) is 0 Å². The monoisotopic (exact) mass is 344 g/mol. The van der Waals surface area contributed by atoms with E-state index in [9.17, 15) is 0 Å². The highest BCUT2D eigenvalue weighted by Crippen LogP contribution is 2.31. The van der Waals surface area contributed by atoms with E-state index < -0.39 is 0 Å². The first-order valence-corrected chi connectivity index (χ1v) is 8.61. The van der Waals surface area contributed by atoms with Gasteiger partial charge in [0.1, 0.15) is 5.75 Å². The second-order valence-electron chi connectivity index (χ2n) is 5.21. The van der Waals surface area contributed by atoms with Gasteiger partial charge in [0.05, 0.1) is 6.61 Å².